The lowest BCUT2D eigenvalue weighted by molar-refractivity contribution is -0.106. The highest BCUT2D eigenvalue weighted by atomic mass is 127. The van der Waals surface area contributed by atoms with Crippen LogP contribution in [0.1, 0.15) is 39.9 Å². The molecule has 1 saturated heterocycles. The fraction of sp³-hybridized carbons (Fsp3) is 0.722. The van der Waals surface area contributed by atoms with E-state index < -0.39 is 5.60 Å². The lowest BCUT2D eigenvalue weighted by atomic mass is 9.57. The van der Waals surface area contributed by atoms with Crippen molar-refractivity contribution in [2.75, 3.05) is 19.7 Å². The van der Waals surface area contributed by atoms with Crippen molar-refractivity contribution in [3.05, 3.63) is 24.2 Å². The van der Waals surface area contributed by atoms with Crippen LogP contribution in [-0.4, -0.2) is 42.9 Å². The maximum Gasteiger partial charge on any atom is 0.191 e. The molecule has 0 amide bonds. The number of nitrogens with one attached hydrogen (secondary N) is 2. The van der Waals surface area contributed by atoms with Crippen LogP contribution in [0.15, 0.2) is 27.8 Å². The van der Waals surface area contributed by atoms with Crippen LogP contribution in [-0.2, 0) is 10.3 Å². The molecule has 1 aromatic rings. The third-order valence-corrected chi connectivity index (χ3v) is 5.33. The maximum atomic E-state index is 10.6. The smallest absolute Gasteiger partial charge is 0.191 e. The fourth-order valence-electron chi connectivity index (χ4n) is 3.98. The van der Waals surface area contributed by atoms with Gasteiger partial charge in [-0.15, -0.1) is 24.0 Å². The predicted molar refractivity (Wildman–Crippen MR) is 108 cm³/mol. The van der Waals surface area contributed by atoms with Crippen LogP contribution in [0.25, 0.3) is 0 Å². The molecular weight excluding hydrogens is 433 g/mol. The minimum atomic E-state index is -1.13. The van der Waals surface area contributed by atoms with Crippen molar-refractivity contribution in [3.8, 4) is 0 Å². The van der Waals surface area contributed by atoms with Gasteiger partial charge < -0.3 is 24.9 Å². The van der Waals surface area contributed by atoms with Gasteiger partial charge in [0, 0.05) is 30.5 Å². The average Bonchev–Trinajstić information content (AvgIpc) is 3.19. The third kappa shape index (κ3) is 3.98. The number of guanidine groups is 1. The molecule has 7 heteroatoms. The summed E-state index contributed by atoms with van der Waals surface area (Å²) in [6, 6.07) is 3.87. The minimum Gasteiger partial charge on any atom is -0.466 e. The Hall–Kier alpha value is -0.800. The maximum absolute atomic E-state index is 10.6. The SMILES string of the molecule is CCNC(=NCC(C)(O)c1ccco1)NC1C2CCOC2C1(C)C.I. The van der Waals surface area contributed by atoms with E-state index in [0.29, 0.717) is 23.8 Å². The number of hydrogen-bond donors (Lipinski definition) is 3. The lowest BCUT2D eigenvalue weighted by Crippen LogP contribution is -2.68. The largest absolute Gasteiger partial charge is 0.466 e. The molecule has 1 aliphatic carbocycles. The van der Waals surface area contributed by atoms with Gasteiger partial charge in [-0.25, -0.2) is 4.99 Å². The molecule has 0 spiro atoms. The van der Waals surface area contributed by atoms with E-state index >= 15 is 0 Å². The number of ether oxygens (including phenoxy) is 1. The molecule has 2 fully saturated rings. The summed E-state index contributed by atoms with van der Waals surface area (Å²) in [5, 5.41) is 17.4. The van der Waals surface area contributed by atoms with E-state index in [-0.39, 0.29) is 35.9 Å². The number of rotatable bonds is 5. The normalized spacial score (nSPS) is 29.8. The highest BCUT2D eigenvalue weighted by molar-refractivity contribution is 14.0. The third-order valence-electron chi connectivity index (χ3n) is 5.33. The van der Waals surface area contributed by atoms with Crippen LogP contribution in [0.4, 0.5) is 0 Å². The molecule has 1 aliphatic heterocycles. The van der Waals surface area contributed by atoms with Crippen LogP contribution in [0.3, 0.4) is 0 Å². The highest BCUT2D eigenvalue weighted by Crippen LogP contribution is 2.52. The molecule has 1 aromatic heterocycles. The van der Waals surface area contributed by atoms with Gasteiger partial charge in [0.25, 0.3) is 0 Å². The van der Waals surface area contributed by atoms with Gasteiger partial charge in [0.2, 0.25) is 0 Å². The molecule has 2 heterocycles. The van der Waals surface area contributed by atoms with Crippen molar-refractivity contribution < 1.29 is 14.3 Å². The van der Waals surface area contributed by atoms with Gasteiger partial charge in [0.05, 0.1) is 18.9 Å². The van der Waals surface area contributed by atoms with E-state index in [9.17, 15) is 5.11 Å². The van der Waals surface area contributed by atoms with Gasteiger partial charge in [-0.1, -0.05) is 13.8 Å². The Kier molecular flexibility index (Phi) is 6.43. The van der Waals surface area contributed by atoms with E-state index in [1.807, 2.05) is 6.92 Å². The van der Waals surface area contributed by atoms with Gasteiger partial charge in [-0.3, -0.25) is 0 Å². The van der Waals surface area contributed by atoms with Crippen molar-refractivity contribution in [1.82, 2.24) is 10.6 Å². The van der Waals surface area contributed by atoms with Crippen molar-refractivity contribution in [2.24, 2.45) is 16.3 Å². The number of nitrogens with zero attached hydrogens (tertiary/aromatic N) is 1. The highest BCUT2D eigenvalue weighted by Gasteiger charge is 2.59. The minimum absolute atomic E-state index is 0. The molecule has 0 radical (unpaired) electrons. The Labute approximate surface area is 166 Å². The zero-order valence-corrected chi connectivity index (χ0v) is 17.7. The molecule has 1 saturated carbocycles. The number of aliphatic hydroxyl groups is 1. The van der Waals surface area contributed by atoms with Crippen LogP contribution in [0.2, 0.25) is 0 Å². The first-order chi connectivity index (χ1) is 11.4. The Balaban J connectivity index is 0.00000225. The van der Waals surface area contributed by atoms with E-state index in [1.54, 1.807) is 25.3 Å². The summed E-state index contributed by atoms with van der Waals surface area (Å²) in [6.07, 6.45) is 2.99. The van der Waals surface area contributed by atoms with E-state index in [1.165, 1.54) is 0 Å². The monoisotopic (exact) mass is 463 g/mol. The summed E-state index contributed by atoms with van der Waals surface area (Å²) in [5.74, 6) is 1.79. The fourth-order valence-corrected chi connectivity index (χ4v) is 3.98. The molecule has 142 valence electrons. The van der Waals surface area contributed by atoms with Gasteiger partial charge in [0.1, 0.15) is 11.4 Å². The zero-order valence-electron chi connectivity index (χ0n) is 15.4. The van der Waals surface area contributed by atoms with E-state index in [2.05, 4.69) is 29.5 Å². The summed E-state index contributed by atoms with van der Waals surface area (Å²) in [5.41, 5.74) is -1.04. The van der Waals surface area contributed by atoms with Gasteiger partial charge in [0.15, 0.2) is 5.96 Å². The molecular formula is C18H30IN3O3. The second-order valence-electron chi connectivity index (χ2n) is 7.63. The molecule has 2 aliphatic rings. The number of fused-ring (bicyclic) bond motifs is 1. The predicted octanol–water partition coefficient (Wildman–Crippen LogP) is 2.47. The topological polar surface area (TPSA) is 79.0 Å². The molecule has 4 unspecified atom stereocenters. The van der Waals surface area contributed by atoms with Crippen LogP contribution < -0.4 is 10.6 Å². The number of aliphatic imine (C=N–C) groups is 1. The van der Waals surface area contributed by atoms with Crippen LogP contribution in [0, 0.1) is 11.3 Å². The Bertz CT molecular complexity index is 586. The molecule has 0 aromatic carbocycles. The number of furan rings is 1. The summed E-state index contributed by atoms with van der Waals surface area (Å²) >= 11 is 0. The van der Waals surface area contributed by atoms with E-state index in [0.717, 1.165) is 25.5 Å². The second-order valence-corrected chi connectivity index (χ2v) is 7.63. The first-order valence-corrected chi connectivity index (χ1v) is 8.79. The summed E-state index contributed by atoms with van der Waals surface area (Å²) < 4.78 is 11.2. The van der Waals surface area contributed by atoms with Crippen molar-refractivity contribution in [2.45, 2.75) is 51.9 Å². The Morgan fingerprint density at radius 2 is 2.24 bits per heavy atom. The molecule has 0 bridgehead atoms. The lowest BCUT2D eigenvalue weighted by Gasteiger charge is -2.55. The molecule has 25 heavy (non-hydrogen) atoms. The van der Waals surface area contributed by atoms with Crippen molar-refractivity contribution >= 4 is 29.9 Å². The Morgan fingerprint density at radius 1 is 1.48 bits per heavy atom. The summed E-state index contributed by atoms with van der Waals surface area (Å²) in [6.45, 7) is 10.1. The Morgan fingerprint density at radius 3 is 2.88 bits per heavy atom. The molecule has 4 atom stereocenters. The quantitative estimate of drug-likeness (QED) is 0.355. The first kappa shape index (κ1) is 20.5. The van der Waals surface area contributed by atoms with Gasteiger partial charge in [-0.2, -0.15) is 0 Å². The van der Waals surface area contributed by atoms with Crippen LogP contribution >= 0.6 is 24.0 Å². The van der Waals surface area contributed by atoms with Crippen molar-refractivity contribution in [1.29, 1.82) is 0 Å². The first-order valence-electron chi connectivity index (χ1n) is 8.79. The van der Waals surface area contributed by atoms with Crippen LogP contribution in [0.5, 0.6) is 0 Å². The van der Waals surface area contributed by atoms with Gasteiger partial charge >= 0.3 is 0 Å². The molecule has 6 nitrogen and oxygen atoms in total. The van der Waals surface area contributed by atoms with Gasteiger partial charge in [-0.05, 0) is 32.4 Å². The number of halogens is 1. The number of hydrogen-bond acceptors (Lipinski definition) is 4. The van der Waals surface area contributed by atoms with E-state index in [4.69, 9.17) is 9.15 Å². The summed E-state index contributed by atoms with van der Waals surface area (Å²) in [7, 11) is 0. The standard InChI is InChI=1S/C18H29N3O3.HI/c1-5-19-16(20-11-18(4,22)13-7-6-9-23-13)21-14-12-8-10-24-15(12)17(14,2)3;/h6-7,9,12,14-15,22H,5,8,10-11H2,1-4H3,(H2,19,20,21);1H. The second kappa shape index (κ2) is 7.84. The van der Waals surface area contributed by atoms with Crippen molar-refractivity contribution in [3.63, 3.8) is 0 Å². The molecule has 3 rings (SSSR count). The average molecular weight is 463 g/mol. The summed E-state index contributed by atoms with van der Waals surface area (Å²) in [4.78, 5) is 4.59. The zero-order chi connectivity index (χ0) is 17.4. The molecule has 3 N–H and O–H groups in total.